The maximum Gasteiger partial charge on any atom is 0.0718 e. The van der Waals surface area contributed by atoms with Crippen molar-refractivity contribution in [2.24, 2.45) is 7.05 Å². The van der Waals surface area contributed by atoms with Gasteiger partial charge >= 0.3 is 0 Å². The van der Waals surface area contributed by atoms with Gasteiger partial charge in [-0.05, 0) is 32.0 Å². The Balaban J connectivity index is 2.54. The van der Waals surface area contributed by atoms with Crippen LogP contribution in [0.25, 0.3) is 0 Å². The van der Waals surface area contributed by atoms with Crippen LogP contribution in [0.3, 0.4) is 0 Å². The van der Waals surface area contributed by atoms with Crippen molar-refractivity contribution in [1.82, 2.24) is 9.47 Å². The van der Waals surface area contributed by atoms with E-state index in [1.807, 2.05) is 31.7 Å². The van der Waals surface area contributed by atoms with Gasteiger partial charge in [0.1, 0.15) is 0 Å². The fourth-order valence-electron chi connectivity index (χ4n) is 1.74. The molecule has 0 aromatic carbocycles. The molecular formula is C12H22N2O. The van der Waals surface area contributed by atoms with Crippen molar-refractivity contribution >= 4 is 0 Å². The van der Waals surface area contributed by atoms with Gasteiger partial charge in [0.05, 0.1) is 5.60 Å². The molecular weight excluding hydrogens is 188 g/mol. The molecule has 0 unspecified atom stereocenters. The zero-order chi connectivity index (χ0) is 11.5. The van der Waals surface area contributed by atoms with Crippen LogP contribution in [0.1, 0.15) is 26.3 Å². The Morgan fingerprint density at radius 2 is 2.13 bits per heavy atom. The van der Waals surface area contributed by atoms with Crippen LogP contribution in [0.2, 0.25) is 0 Å². The minimum atomic E-state index is -0.620. The summed E-state index contributed by atoms with van der Waals surface area (Å²) < 4.78 is 2.05. The van der Waals surface area contributed by atoms with Crippen LogP contribution in [-0.2, 0) is 13.6 Å². The summed E-state index contributed by atoms with van der Waals surface area (Å²) in [6.07, 6.45) is 4.17. The summed E-state index contributed by atoms with van der Waals surface area (Å²) in [6.45, 7) is 8.38. The molecule has 0 saturated carbocycles. The van der Waals surface area contributed by atoms with Crippen molar-refractivity contribution in [2.75, 3.05) is 13.1 Å². The van der Waals surface area contributed by atoms with Crippen LogP contribution >= 0.6 is 0 Å². The molecule has 0 bridgehead atoms. The third-order valence-electron chi connectivity index (χ3n) is 2.36. The molecule has 3 heteroatoms. The predicted octanol–water partition coefficient (Wildman–Crippen LogP) is 1.62. The maximum absolute atomic E-state index is 9.76. The smallest absolute Gasteiger partial charge is 0.0718 e. The molecule has 0 aliphatic carbocycles. The number of likely N-dealkylation sites (N-methyl/N-ethyl adjacent to an activating group) is 1. The molecule has 0 aliphatic rings. The zero-order valence-electron chi connectivity index (χ0n) is 10.2. The number of hydrogen-bond acceptors (Lipinski definition) is 2. The Morgan fingerprint density at radius 1 is 1.47 bits per heavy atom. The van der Waals surface area contributed by atoms with Crippen molar-refractivity contribution in [3.63, 3.8) is 0 Å². The van der Waals surface area contributed by atoms with Crippen LogP contribution in [0, 0.1) is 0 Å². The van der Waals surface area contributed by atoms with Gasteiger partial charge in [0.25, 0.3) is 0 Å². The molecule has 0 amide bonds. The first kappa shape index (κ1) is 12.3. The van der Waals surface area contributed by atoms with Gasteiger partial charge in [0.15, 0.2) is 0 Å². The second kappa shape index (κ2) is 4.81. The Hall–Kier alpha value is -0.800. The number of aromatic nitrogens is 1. The average Bonchev–Trinajstić information content (AvgIpc) is 2.47. The third kappa shape index (κ3) is 4.49. The van der Waals surface area contributed by atoms with E-state index in [0.717, 1.165) is 13.1 Å². The number of aliphatic hydroxyl groups is 1. The minimum Gasteiger partial charge on any atom is -0.389 e. The average molecular weight is 210 g/mol. The Labute approximate surface area is 92.3 Å². The van der Waals surface area contributed by atoms with Crippen LogP contribution in [0.5, 0.6) is 0 Å². The van der Waals surface area contributed by atoms with Crippen molar-refractivity contribution in [2.45, 2.75) is 32.9 Å². The molecule has 86 valence electrons. The van der Waals surface area contributed by atoms with Crippen molar-refractivity contribution in [3.05, 3.63) is 24.0 Å². The molecule has 0 atom stereocenters. The largest absolute Gasteiger partial charge is 0.389 e. The fraction of sp³-hybridized carbons (Fsp3) is 0.667. The van der Waals surface area contributed by atoms with Gasteiger partial charge in [-0.25, -0.2) is 0 Å². The van der Waals surface area contributed by atoms with E-state index in [1.54, 1.807) is 0 Å². The summed E-state index contributed by atoms with van der Waals surface area (Å²) >= 11 is 0. The highest BCUT2D eigenvalue weighted by atomic mass is 16.3. The molecule has 1 rings (SSSR count). The van der Waals surface area contributed by atoms with Gasteiger partial charge in [-0.3, -0.25) is 4.90 Å². The molecule has 1 heterocycles. The lowest BCUT2D eigenvalue weighted by Gasteiger charge is -2.27. The van der Waals surface area contributed by atoms with Crippen molar-refractivity contribution < 1.29 is 5.11 Å². The van der Waals surface area contributed by atoms with Crippen molar-refractivity contribution in [1.29, 1.82) is 0 Å². The summed E-state index contributed by atoms with van der Waals surface area (Å²) in [5.74, 6) is 0. The van der Waals surface area contributed by atoms with Gasteiger partial charge in [-0.1, -0.05) is 6.92 Å². The summed E-state index contributed by atoms with van der Waals surface area (Å²) in [4.78, 5) is 2.25. The predicted molar refractivity (Wildman–Crippen MR) is 62.7 cm³/mol. The number of nitrogens with zero attached hydrogens (tertiary/aromatic N) is 2. The normalized spacial score (nSPS) is 12.4. The van der Waals surface area contributed by atoms with Crippen LogP contribution in [0.15, 0.2) is 18.5 Å². The van der Waals surface area contributed by atoms with E-state index in [0.29, 0.717) is 6.54 Å². The zero-order valence-corrected chi connectivity index (χ0v) is 10.2. The van der Waals surface area contributed by atoms with E-state index in [4.69, 9.17) is 0 Å². The fourth-order valence-corrected chi connectivity index (χ4v) is 1.74. The second-order valence-corrected chi connectivity index (χ2v) is 4.80. The summed E-state index contributed by atoms with van der Waals surface area (Å²) in [6, 6.07) is 2.12. The summed E-state index contributed by atoms with van der Waals surface area (Å²) in [5.41, 5.74) is 0.675. The molecule has 1 aromatic heterocycles. The van der Waals surface area contributed by atoms with Gasteiger partial charge in [0, 0.05) is 32.5 Å². The van der Waals surface area contributed by atoms with Crippen LogP contribution in [-0.4, -0.2) is 33.3 Å². The van der Waals surface area contributed by atoms with Gasteiger partial charge in [0.2, 0.25) is 0 Å². The molecule has 15 heavy (non-hydrogen) atoms. The van der Waals surface area contributed by atoms with E-state index in [1.165, 1.54) is 5.56 Å². The van der Waals surface area contributed by atoms with E-state index >= 15 is 0 Å². The minimum absolute atomic E-state index is 0.620. The Morgan fingerprint density at radius 3 is 2.53 bits per heavy atom. The van der Waals surface area contributed by atoms with Crippen molar-refractivity contribution in [3.8, 4) is 0 Å². The first-order valence-corrected chi connectivity index (χ1v) is 5.46. The monoisotopic (exact) mass is 210 g/mol. The van der Waals surface area contributed by atoms with Crippen LogP contribution in [0.4, 0.5) is 0 Å². The summed E-state index contributed by atoms with van der Waals surface area (Å²) in [7, 11) is 2.02. The lowest BCUT2D eigenvalue weighted by Crippen LogP contribution is -2.38. The lowest BCUT2D eigenvalue weighted by atomic mass is 10.1. The Bertz CT molecular complexity index is 299. The number of hydrogen-bond donors (Lipinski definition) is 1. The quantitative estimate of drug-likeness (QED) is 0.800. The molecule has 0 spiro atoms. The molecule has 1 aromatic rings. The standard InChI is InChI=1S/C12H22N2O/c1-5-14(10-12(2,3)15)9-11-6-7-13(4)8-11/h6-8,15H,5,9-10H2,1-4H3. The second-order valence-electron chi connectivity index (χ2n) is 4.80. The van der Waals surface area contributed by atoms with E-state index in [-0.39, 0.29) is 0 Å². The van der Waals surface area contributed by atoms with E-state index in [2.05, 4.69) is 24.1 Å². The third-order valence-corrected chi connectivity index (χ3v) is 2.36. The molecule has 3 nitrogen and oxygen atoms in total. The first-order valence-electron chi connectivity index (χ1n) is 5.46. The first-order chi connectivity index (χ1) is 6.90. The van der Waals surface area contributed by atoms with Crippen LogP contribution < -0.4 is 0 Å². The summed E-state index contributed by atoms with van der Waals surface area (Å²) in [5, 5.41) is 9.76. The van der Waals surface area contributed by atoms with E-state index in [9.17, 15) is 5.11 Å². The highest BCUT2D eigenvalue weighted by Crippen LogP contribution is 2.09. The van der Waals surface area contributed by atoms with Gasteiger partial charge in [-0.2, -0.15) is 0 Å². The molecule has 1 N–H and O–H groups in total. The van der Waals surface area contributed by atoms with Gasteiger partial charge < -0.3 is 9.67 Å². The Kier molecular flexibility index (Phi) is 3.94. The number of aryl methyl sites for hydroxylation is 1. The SMILES string of the molecule is CCN(Cc1ccn(C)c1)CC(C)(C)O. The van der Waals surface area contributed by atoms with Gasteiger partial charge in [-0.15, -0.1) is 0 Å². The molecule has 0 aliphatic heterocycles. The maximum atomic E-state index is 9.76. The lowest BCUT2D eigenvalue weighted by molar-refractivity contribution is 0.0353. The molecule has 0 radical (unpaired) electrons. The topological polar surface area (TPSA) is 28.4 Å². The highest BCUT2D eigenvalue weighted by molar-refractivity contribution is 5.09. The van der Waals surface area contributed by atoms with E-state index < -0.39 is 5.60 Å². The molecule has 0 fully saturated rings. The molecule has 0 saturated heterocycles. The highest BCUT2D eigenvalue weighted by Gasteiger charge is 2.17. The number of rotatable bonds is 5.